The quantitative estimate of drug-likeness (QED) is 0.651. The number of fused-ring (bicyclic) bond motifs is 1. The molecule has 0 aromatic heterocycles. The van der Waals surface area contributed by atoms with Crippen molar-refractivity contribution in [1.29, 1.82) is 0 Å². The summed E-state index contributed by atoms with van der Waals surface area (Å²) in [6, 6.07) is 23.2. The highest BCUT2D eigenvalue weighted by Crippen LogP contribution is 2.35. The summed E-state index contributed by atoms with van der Waals surface area (Å²) >= 11 is 0. The first kappa shape index (κ1) is 21.1. The molecule has 2 aliphatic heterocycles. The van der Waals surface area contributed by atoms with Gasteiger partial charge in [-0.15, -0.1) is 0 Å². The van der Waals surface area contributed by atoms with Crippen molar-refractivity contribution in [1.82, 2.24) is 10.2 Å². The van der Waals surface area contributed by atoms with Gasteiger partial charge in [0.1, 0.15) is 0 Å². The lowest BCUT2D eigenvalue weighted by atomic mass is 9.88. The normalized spacial score (nSPS) is 18.9. The number of rotatable bonds is 5. The van der Waals surface area contributed by atoms with Gasteiger partial charge in [0.15, 0.2) is 11.5 Å². The van der Waals surface area contributed by atoms with Gasteiger partial charge in [-0.3, -0.25) is 9.59 Å². The molecule has 0 saturated carbocycles. The number of likely N-dealkylation sites (tertiary alicyclic amines) is 1. The van der Waals surface area contributed by atoms with E-state index in [9.17, 15) is 9.59 Å². The molecule has 0 radical (unpaired) electrons. The Morgan fingerprint density at radius 2 is 1.70 bits per heavy atom. The summed E-state index contributed by atoms with van der Waals surface area (Å²) in [5.74, 6) is 0.936. The highest BCUT2D eigenvalue weighted by molar-refractivity contribution is 5.95. The van der Waals surface area contributed by atoms with Crippen LogP contribution in [0.4, 0.5) is 0 Å². The molecule has 3 aromatic rings. The third-order valence-electron chi connectivity index (χ3n) is 6.37. The van der Waals surface area contributed by atoms with Gasteiger partial charge < -0.3 is 19.7 Å². The predicted octanol–water partition coefficient (Wildman–Crippen LogP) is 3.90. The predicted molar refractivity (Wildman–Crippen MR) is 124 cm³/mol. The van der Waals surface area contributed by atoms with Crippen molar-refractivity contribution in [2.45, 2.75) is 19.4 Å². The Balaban J connectivity index is 1.32. The average Bonchev–Trinajstić information content (AvgIpc) is 3.50. The van der Waals surface area contributed by atoms with Gasteiger partial charge in [0.25, 0.3) is 5.91 Å². The lowest BCUT2D eigenvalue weighted by molar-refractivity contribution is -0.125. The second-order valence-electron chi connectivity index (χ2n) is 8.61. The van der Waals surface area contributed by atoms with Crippen molar-refractivity contribution >= 4 is 11.8 Å². The molecule has 2 heterocycles. The van der Waals surface area contributed by atoms with E-state index < -0.39 is 0 Å². The van der Waals surface area contributed by atoms with Gasteiger partial charge in [0.2, 0.25) is 12.7 Å². The van der Waals surface area contributed by atoms with Gasteiger partial charge >= 0.3 is 0 Å². The number of nitrogens with one attached hydrogen (secondary N) is 1. The maximum absolute atomic E-state index is 13.3. The van der Waals surface area contributed by atoms with Crippen molar-refractivity contribution in [2.24, 2.45) is 5.92 Å². The van der Waals surface area contributed by atoms with Crippen LogP contribution in [0, 0.1) is 12.8 Å². The number of carbonyl (C=O) groups excluding carboxylic acids is 2. The molecule has 6 heteroatoms. The van der Waals surface area contributed by atoms with Gasteiger partial charge in [-0.2, -0.15) is 0 Å². The van der Waals surface area contributed by atoms with E-state index in [2.05, 4.69) is 5.32 Å². The minimum Gasteiger partial charge on any atom is -0.454 e. The largest absolute Gasteiger partial charge is 0.454 e. The van der Waals surface area contributed by atoms with Crippen LogP contribution in [0.2, 0.25) is 0 Å². The number of ether oxygens (including phenoxy) is 2. The van der Waals surface area contributed by atoms with E-state index in [1.807, 2.05) is 79.7 Å². The van der Waals surface area contributed by atoms with Crippen molar-refractivity contribution in [3.05, 3.63) is 95.1 Å². The Bertz CT molecular complexity index is 1160. The number of amides is 2. The average molecular weight is 443 g/mol. The molecule has 0 aliphatic carbocycles. The van der Waals surface area contributed by atoms with Crippen LogP contribution in [-0.4, -0.2) is 36.6 Å². The number of hydrogen-bond donors (Lipinski definition) is 1. The molecular weight excluding hydrogens is 416 g/mol. The van der Waals surface area contributed by atoms with Gasteiger partial charge in [0.05, 0.1) is 5.92 Å². The number of hydrogen-bond acceptors (Lipinski definition) is 4. The molecule has 168 valence electrons. The fourth-order valence-corrected chi connectivity index (χ4v) is 4.52. The molecule has 2 amide bonds. The minimum absolute atomic E-state index is 0.0398. The second kappa shape index (κ2) is 8.98. The fraction of sp³-hybridized carbons (Fsp3) is 0.259. The molecule has 1 fully saturated rings. The standard InChI is InChI=1S/C27H26N2O4/c1-18-7-10-21(11-8-18)27(31)29-15-22(20-5-3-2-4-6-20)23(16-29)26(30)28-14-19-9-12-24-25(13-19)33-17-32-24/h2-13,22-23H,14-17H2,1H3,(H,28,30)/t22-,23+/m0/s1. The molecule has 0 bridgehead atoms. The smallest absolute Gasteiger partial charge is 0.253 e. The van der Waals surface area contributed by atoms with E-state index in [4.69, 9.17) is 9.47 Å². The summed E-state index contributed by atoms with van der Waals surface area (Å²) in [6.07, 6.45) is 0. The highest BCUT2D eigenvalue weighted by Gasteiger charge is 2.40. The Hall–Kier alpha value is -3.80. The van der Waals surface area contributed by atoms with Gasteiger partial charge in [-0.1, -0.05) is 54.1 Å². The van der Waals surface area contributed by atoms with Gasteiger partial charge in [-0.05, 0) is 42.3 Å². The van der Waals surface area contributed by atoms with E-state index in [1.165, 1.54) is 0 Å². The van der Waals surface area contributed by atoms with E-state index in [1.54, 1.807) is 4.90 Å². The minimum atomic E-state index is -0.323. The second-order valence-corrected chi connectivity index (χ2v) is 8.61. The molecular formula is C27H26N2O4. The Morgan fingerprint density at radius 3 is 2.48 bits per heavy atom. The molecule has 6 nitrogen and oxygen atoms in total. The summed E-state index contributed by atoms with van der Waals surface area (Å²) in [4.78, 5) is 28.2. The van der Waals surface area contributed by atoms with E-state index >= 15 is 0 Å². The molecule has 33 heavy (non-hydrogen) atoms. The third kappa shape index (κ3) is 4.42. The van der Waals surface area contributed by atoms with Gasteiger partial charge in [-0.25, -0.2) is 0 Å². The van der Waals surface area contributed by atoms with E-state index in [0.717, 1.165) is 22.4 Å². The lowest BCUT2D eigenvalue weighted by Gasteiger charge is -2.18. The van der Waals surface area contributed by atoms with Crippen molar-refractivity contribution < 1.29 is 19.1 Å². The first-order chi connectivity index (χ1) is 16.1. The zero-order valence-electron chi connectivity index (χ0n) is 18.5. The Kier molecular flexibility index (Phi) is 5.73. The van der Waals surface area contributed by atoms with Crippen LogP contribution in [0.25, 0.3) is 0 Å². The van der Waals surface area contributed by atoms with Crippen LogP contribution in [0.5, 0.6) is 11.5 Å². The van der Waals surface area contributed by atoms with Crippen LogP contribution >= 0.6 is 0 Å². The molecule has 2 aliphatic rings. The molecule has 2 atom stereocenters. The van der Waals surface area contributed by atoms with Crippen molar-refractivity contribution in [3.63, 3.8) is 0 Å². The number of carbonyl (C=O) groups is 2. The summed E-state index contributed by atoms with van der Waals surface area (Å²) in [7, 11) is 0. The molecule has 0 unspecified atom stereocenters. The molecule has 1 saturated heterocycles. The van der Waals surface area contributed by atoms with Crippen LogP contribution in [0.3, 0.4) is 0 Å². The Morgan fingerprint density at radius 1 is 0.939 bits per heavy atom. The zero-order chi connectivity index (χ0) is 22.8. The van der Waals surface area contributed by atoms with E-state index in [0.29, 0.717) is 30.9 Å². The molecule has 1 N–H and O–H groups in total. The lowest BCUT2D eigenvalue weighted by Crippen LogP contribution is -2.35. The third-order valence-corrected chi connectivity index (χ3v) is 6.37. The van der Waals surface area contributed by atoms with Gasteiger partial charge in [0, 0.05) is 31.1 Å². The topological polar surface area (TPSA) is 67.9 Å². The SMILES string of the molecule is Cc1ccc(C(=O)N2C[C@@H](C(=O)NCc3ccc4c(c3)OCO4)[C@H](c3ccccc3)C2)cc1. The van der Waals surface area contributed by atoms with Crippen molar-refractivity contribution in [3.8, 4) is 11.5 Å². The molecule has 5 rings (SSSR count). The highest BCUT2D eigenvalue weighted by atomic mass is 16.7. The number of benzene rings is 3. The van der Waals surface area contributed by atoms with Crippen LogP contribution in [0.15, 0.2) is 72.8 Å². The maximum atomic E-state index is 13.3. The number of nitrogens with zero attached hydrogens (tertiary/aromatic N) is 1. The fourth-order valence-electron chi connectivity index (χ4n) is 4.52. The summed E-state index contributed by atoms with van der Waals surface area (Å²) in [5.41, 5.74) is 3.76. The van der Waals surface area contributed by atoms with E-state index in [-0.39, 0.29) is 30.4 Å². The zero-order valence-corrected chi connectivity index (χ0v) is 18.5. The molecule has 3 aromatic carbocycles. The van der Waals surface area contributed by atoms with Crippen LogP contribution in [0.1, 0.15) is 33.0 Å². The number of aryl methyl sites for hydroxylation is 1. The maximum Gasteiger partial charge on any atom is 0.253 e. The Labute approximate surface area is 193 Å². The summed E-state index contributed by atoms with van der Waals surface area (Å²) in [6.45, 7) is 3.50. The monoisotopic (exact) mass is 442 g/mol. The first-order valence-electron chi connectivity index (χ1n) is 11.2. The first-order valence-corrected chi connectivity index (χ1v) is 11.2. The summed E-state index contributed by atoms with van der Waals surface area (Å²) < 4.78 is 10.8. The van der Waals surface area contributed by atoms with Crippen molar-refractivity contribution in [2.75, 3.05) is 19.9 Å². The van der Waals surface area contributed by atoms with Crippen LogP contribution < -0.4 is 14.8 Å². The van der Waals surface area contributed by atoms with Crippen LogP contribution in [-0.2, 0) is 11.3 Å². The molecule has 0 spiro atoms. The summed E-state index contributed by atoms with van der Waals surface area (Å²) in [5, 5.41) is 3.07.